The molecule has 0 aliphatic carbocycles. The average molecular weight is 364 g/mol. The number of hydrogen-bond donors (Lipinski definition) is 2. The number of hydrogen-bond acceptors (Lipinski definition) is 5. The van der Waals surface area contributed by atoms with Crippen LogP contribution >= 0.6 is 0 Å². The SMILES string of the molecule is CC(Oc1ccccc1)C(C)N(N)S(=O)(=O)c1cccc(C(=O)O)c1. The first kappa shape index (κ1) is 18.9. The van der Waals surface area contributed by atoms with Crippen LogP contribution < -0.4 is 10.6 Å². The summed E-state index contributed by atoms with van der Waals surface area (Å²) in [5.41, 5.74) is -0.129. The van der Waals surface area contributed by atoms with E-state index in [-0.39, 0.29) is 10.5 Å². The molecule has 0 spiro atoms. The van der Waals surface area contributed by atoms with E-state index in [9.17, 15) is 13.2 Å². The van der Waals surface area contributed by atoms with Crippen molar-refractivity contribution < 1.29 is 23.1 Å². The molecule has 7 nitrogen and oxygen atoms in total. The van der Waals surface area contributed by atoms with Crippen molar-refractivity contribution in [3.8, 4) is 5.75 Å². The van der Waals surface area contributed by atoms with Crippen molar-refractivity contribution in [3.63, 3.8) is 0 Å². The number of nitrogens with zero attached hydrogens (tertiary/aromatic N) is 1. The van der Waals surface area contributed by atoms with Gasteiger partial charge < -0.3 is 9.84 Å². The smallest absolute Gasteiger partial charge is 0.335 e. The molecule has 0 fully saturated rings. The first-order valence-electron chi connectivity index (χ1n) is 7.57. The zero-order chi connectivity index (χ0) is 18.6. The van der Waals surface area contributed by atoms with Crippen LogP contribution in [0.15, 0.2) is 59.5 Å². The van der Waals surface area contributed by atoms with E-state index in [0.29, 0.717) is 10.2 Å². The highest BCUT2D eigenvalue weighted by Gasteiger charge is 2.31. The highest BCUT2D eigenvalue weighted by atomic mass is 32.2. The van der Waals surface area contributed by atoms with E-state index in [1.807, 2.05) is 6.07 Å². The molecule has 0 radical (unpaired) electrons. The Hall–Kier alpha value is -2.42. The van der Waals surface area contributed by atoms with Crippen molar-refractivity contribution in [2.45, 2.75) is 30.9 Å². The third kappa shape index (κ3) is 4.36. The second-order valence-corrected chi connectivity index (χ2v) is 7.39. The first-order valence-corrected chi connectivity index (χ1v) is 9.01. The zero-order valence-corrected chi connectivity index (χ0v) is 14.7. The largest absolute Gasteiger partial charge is 0.489 e. The fourth-order valence-electron chi connectivity index (χ4n) is 2.15. The number of ether oxygens (including phenoxy) is 1. The molecule has 0 aliphatic heterocycles. The maximum atomic E-state index is 12.7. The molecule has 8 heteroatoms. The Labute approximate surface area is 146 Å². The topological polar surface area (TPSA) is 110 Å². The van der Waals surface area contributed by atoms with Crippen molar-refractivity contribution in [1.29, 1.82) is 0 Å². The maximum Gasteiger partial charge on any atom is 0.335 e. The van der Waals surface area contributed by atoms with Gasteiger partial charge in [0.05, 0.1) is 16.5 Å². The fraction of sp³-hybridized carbons (Fsp3) is 0.235. The van der Waals surface area contributed by atoms with E-state index >= 15 is 0 Å². The molecule has 134 valence electrons. The summed E-state index contributed by atoms with van der Waals surface area (Å²) in [5, 5.41) is 9.02. The Morgan fingerprint density at radius 1 is 1.12 bits per heavy atom. The summed E-state index contributed by atoms with van der Waals surface area (Å²) in [5.74, 6) is 5.21. The summed E-state index contributed by atoms with van der Waals surface area (Å²) in [4.78, 5) is 10.8. The van der Waals surface area contributed by atoms with Gasteiger partial charge in [-0.05, 0) is 44.2 Å². The lowest BCUT2D eigenvalue weighted by atomic mass is 10.2. The predicted octanol–water partition coefficient (Wildman–Crippen LogP) is 2.11. The number of carboxylic acid groups (broad SMARTS) is 1. The van der Waals surface area contributed by atoms with Gasteiger partial charge in [0.1, 0.15) is 11.9 Å². The van der Waals surface area contributed by atoms with Gasteiger partial charge >= 0.3 is 5.97 Å². The quantitative estimate of drug-likeness (QED) is 0.575. The van der Waals surface area contributed by atoms with Gasteiger partial charge in [0.15, 0.2) is 0 Å². The molecular formula is C17H20N2O5S. The monoisotopic (exact) mass is 364 g/mol. The van der Waals surface area contributed by atoms with Crippen LogP contribution in [0.5, 0.6) is 5.75 Å². The molecular weight excluding hydrogens is 344 g/mol. The molecule has 2 atom stereocenters. The number of carboxylic acids is 1. The second kappa shape index (κ2) is 7.64. The molecule has 2 aromatic carbocycles. The number of para-hydroxylation sites is 1. The number of sulfonamides is 1. The van der Waals surface area contributed by atoms with Crippen LogP contribution in [0.3, 0.4) is 0 Å². The Morgan fingerprint density at radius 2 is 1.76 bits per heavy atom. The maximum absolute atomic E-state index is 12.7. The lowest BCUT2D eigenvalue weighted by Crippen LogP contribution is -2.50. The third-order valence-corrected chi connectivity index (χ3v) is 5.54. The highest BCUT2D eigenvalue weighted by molar-refractivity contribution is 7.89. The minimum atomic E-state index is -4.06. The van der Waals surface area contributed by atoms with E-state index in [0.717, 1.165) is 6.07 Å². The summed E-state index contributed by atoms with van der Waals surface area (Å²) < 4.78 is 31.7. The van der Waals surface area contributed by atoms with E-state index < -0.39 is 28.1 Å². The molecule has 0 saturated carbocycles. The van der Waals surface area contributed by atoms with Crippen molar-refractivity contribution in [2.75, 3.05) is 0 Å². The van der Waals surface area contributed by atoms with Crippen molar-refractivity contribution >= 4 is 16.0 Å². The number of carbonyl (C=O) groups is 1. The van der Waals surface area contributed by atoms with Crippen molar-refractivity contribution in [1.82, 2.24) is 4.41 Å². The lowest BCUT2D eigenvalue weighted by Gasteiger charge is -2.29. The molecule has 2 unspecified atom stereocenters. The number of nitrogens with two attached hydrogens (primary N) is 1. The Balaban J connectivity index is 2.20. The van der Waals surface area contributed by atoms with Crippen LogP contribution in [-0.4, -0.2) is 36.1 Å². The van der Waals surface area contributed by atoms with Crippen LogP contribution in [0.4, 0.5) is 0 Å². The molecule has 2 aromatic rings. The molecule has 25 heavy (non-hydrogen) atoms. The lowest BCUT2D eigenvalue weighted by molar-refractivity contribution is 0.0696. The first-order chi connectivity index (χ1) is 11.7. The normalized spacial score (nSPS) is 14.1. The number of aromatic carboxylic acids is 1. The molecule has 3 N–H and O–H groups in total. The van der Waals surface area contributed by atoms with Crippen molar-refractivity contribution in [3.05, 3.63) is 60.2 Å². The van der Waals surface area contributed by atoms with Crippen LogP contribution in [0.25, 0.3) is 0 Å². The summed E-state index contributed by atoms with van der Waals surface area (Å²) in [6.45, 7) is 3.33. The molecule has 0 aliphatic rings. The van der Waals surface area contributed by atoms with Gasteiger partial charge in [0.25, 0.3) is 10.0 Å². The Bertz CT molecular complexity index is 839. The van der Waals surface area contributed by atoms with Gasteiger partial charge in [0.2, 0.25) is 0 Å². The molecule has 0 amide bonds. The summed E-state index contributed by atoms with van der Waals surface area (Å²) in [6, 6.07) is 13.3. The minimum Gasteiger partial charge on any atom is -0.489 e. The molecule has 2 rings (SSSR count). The summed E-state index contributed by atoms with van der Waals surface area (Å²) in [6.07, 6.45) is -0.523. The third-order valence-electron chi connectivity index (χ3n) is 3.80. The zero-order valence-electron chi connectivity index (χ0n) is 13.9. The average Bonchev–Trinajstić information content (AvgIpc) is 2.61. The number of benzene rings is 2. The predicted molar refractivity (Wildman–Crippen MR) is 92.6 cm³/mol. The van der Waals surface area contributed by atoms with E-state index in [1.54, 1.807) is 38.1 Å². The van der Waals surface area contributed by atoms with Gasteiger partial charge in [-0.25, -0.2) is 13.2 Å². The van der Waals surface area contributed by atoms with Crippen LogP contribution in [0.1, 0.15) is 24.2 Å². The van der Waals surface area contributed by atoms with Gasteiger partial charge in [-0.3, -0.25) is 5.84 Å². The second-order valence-electron chi connectivity index (χ2n) is 5.54. The number of rotatable bonds is 7. The van der Waals surface area contributed by atoms with Gasteiger partial charge in [-0.2, -0.15) is 0 Å². The van der Waals surface area contributed by atoms with E-state index in [2.05, 4.69) is 0 Å². The minimum absolute atomic E-state index is 0.129. The Kier molecular flexibility index (Phi) is 5.78. The molecule has 0 saturated heterocycles. The summed E-state index contributed by atoms with van der Waals surface area (Å²) in [7, 11) is -4.06. The van der Waals surface area contributed by atoms with Gasteiger partial charge in [-0.15, -0.1) is 4.41 Å². The summed E-state index contributed by atoms with van der Waals surface area (Å²) >= 11 is 0. The van der Waals surface area contributed by atoms with E-state index in [4.69, 9.17) is 15.7 Å². The highest BCUT2D eigenvalue weighted by Crippen LogP contribution is 2.20. The van der Waals surface area contributed by atoms with E-state index in [1.165, 1.54) is 18.2 Å². The molecule has 0 aromatic heterocycles. The molecule has 0 heterocycles. The van der Waals surface area contributed by atoms with Crippen LogP contribution in [0.2, 0.25) is 0 Å². The standard InChI is InChI=1S/C17H20N2O5S/c1-12(13(2)24-15-8-4-3-5-9-15)19(18)25(22,23)16-10-6-7-14(11-16)17(20)21/h3-13H,18H2,1-2H3,(H,20,21). The number of hydrazine groups is 1. The van der Waals surface area contributed by atoms with Gasteiger partial charge in [-0.1, -0.05) is 24.3 Å². The fourth-order valence-corrected chi connectivity index (χ4v) is 3.53. The van der Waals surface area contributed by atoms with Crippen molar-refractivity contribution in [2.24, 2.45) is 5.84 Å². The molecule has 0 bridgehead atoms. The van der Waals surface area contributed by atoms with Gasteiger partial charge in [0, 0.05) is 0 Å². The Morgan fingerprint density at radius 3 is 2.36 bits per heavy atom. The van der Waals surface area contributed by atoms with Crippen LogP contribution in [-0.2, 0) is 10.0 Å². The van der Waals surface area contributed by atoms with Crippen LogP contribution in [0, 0.1) is 0 Å².